The van der Waals surface area contributed by atoms with E-state index < -0.39 is 0 Å². The van der Waals surface area contributed by atoms with Gasteiger partial charge in [-0.15, -0.1) is 0 Å². The van der Waals surface area contributed by atoms with E-state index in [-0.39, 0.29) is 6.42 Å². The first-order valence-electron chi connectivity index (χ1n) is 4.90. The molecule has 17 heavy (non-hydrogen) atoms. The second-order valence-corrected chi connectivity index (χ2v) is 3.09. The second kappa shape index (κ2) is 6.33. The van der Waals surface area contributed by atoms with Crippen LogP contribution < -0.4 is 9.47 Å². The second-order valence-electron chi connectivity index (χ2n) is 3.09. The van der Waals surface area contributed by atoms with Crippen LogP contribution in [-0.4, -0.2) is 26.8 Å². The number of hydrogen-bond acceptors (Lipinski definition) is 4. The number of rotatable bonds is 4. The van der Waals surface area contributed by atoms with Crippen molar-refractivity contribution in [3.63, 3.8) is 0 Å². The van der Waals surface area contributed by atoms with Gasteiger partial charge in [0.1, 0.15) is 29.6 Å². The fourth-order valence-corrected chi connectivity index (χ4v) is 1.30. The Morgan fingerprint density at radius 2 is 1.76 bits per heavy atom. The van der Waals surface area contributed by atoms with Crippen molar-refractivity contribution in [3.8, 4) is 23.3 Å². The number of benzene rings is 1. The maximum absolute atomic E-state index is 10.7. The topological polar surface area (TPSA) is 52.6 Å². The average Bonchev–Trinajstić information content (AvgIpc) is 2.38. The van der Waals surface area contributed by atoms with Crippen molar-refractivity contribution >= 4 is 12.6 Å². The normalized spacial score (nSPS) is 8.82. The molecule has 0 fully saturated rings. The van der Waals surface area contributed by atoms with Crippen molar-refractivity contribution in [2.75, 3.05) is 14.2 Å². The van der Waals surface area contributed by atoms with Crippen molar-refractivity contribution in [2.45, 2.75) is 6.42 Å². The van der Waals surface area contributed by atoms with Crippen LogP contribution in [0.25, 0.3) is 0 Å². The summed E-state index contributed by atoms with van der Waals surface area (Å²) in [6.45, 7) is 0. The lowest BCUT2D eigenvalue weighted by atomic mass is 10.1. The van der Waals surface area contributed by atoms with Crippen LogP contribution in [0.1, 0.15) is 22.3 Å². The van der Waals surface area contributed by atoms with Gasteiger partial charge in [-0.2, -0.15) is 0 Å². The minimum absolute atomic E-state index is 0.141. The van der Waals surface area contributed by atoms with Crippen LogP contribution >= 0.6 is 0 Å². The summed E-state index contributed by atoms with van der Waals surface area (Å²) in [6.07, 6.45) is 1.56. The number of ether oxygens (including phenoxy) is 2. The maximum Gasteiger partial charge on any atom is 0.150 e. The molecule has 4 heteroatoms. The van der Waals surface area contributed by atoms with Crippen molar-refractivity contribution in [2.24, 2.45) is 0 Å². The smallest absolute Gasteiger partial charge is 0.150 e. The summed E-state index contributed by atoms with van der Waals surface area (Å²) in [5.41, 5.74) is 0.974. The van der Waals surface area contributed by atoms with E-state index in [1.54, 1.807) is 12.1 Å². The first-order valence-corrected chi connectivity index (χ1v) is 4.90. The van der Waals surface area contributed by atoms with E-state index in [0.29, 0.717) is 35.2 Å². The highest BCUT2D eigenvalue weighted by molar-refractivity contribution is 5.78. The van der Waals surface area contributed by atoms with Crippen molar-refractivity contribution in [3.05, 3.63) is 23.3 Å². The minimum Gasteiger partial charge on any atom is -0.495 e. The van der Waals surface area contributed by atoms with Crippen LogP contribution in [0, 0.1) is 11.8 Å². The van der Waals surface area contributed by atoms with Gasteiger partial charge in [0.25, 0.3) is 0 Å². The molecule has 0 amide bonds. The lowest BCUT2D eigenvalue weighted by molar-refractivity contribution is -0.107. The zero-order chi connectivity index (χ0) is 12.7. The van der Waals surface area contributed by atoms with E-state index in [9.17, 15) is 9.59 Å². The Balaban J connectivity index is 3.30. The Labute approximate surface area is 99.5 Å². The number of carbonyl (C=O) groups excluding carboxylic acids is 2. The van der Waals surface area contributed by atoms with Gasteiger partial charge in [-0.05, 0) is 12.1 Å². The van der Waals surface area contributed by atoms with E-state index in [2.05, 4.69) is 11.8 Å². The molecule has 0 saturated heterocycles. The number of carbonyl (C=O) groups is 2. The molecule has 0 aliphatic carbocycles. The van der Waals surface area contributed by atoms with Gasteiger partial charge in [-0.1, -0.05) is 11.8 Å². The molecule has 1 aromatic carbocycles. The van der Waals surface area contributed by atoms with Gasteiger partial charge in [0.15, 0.2) is 0 Å². The summed E-state index contributed by atoms with van der Waals surface area (Å²) < 4.78 is 10.3. The van der Waals surface area contributed by atoms with Gasteiger partial charge >= 0.3 is 0 Å². The Bertz CT molecular complexity index is 455. The van der Waals surface area contributed by atoms with Crippen LogP contribution in [0.15, 0.2) is 12.1 Å². The third-order valence-electron chi connectivity index (χ3n) is 2.06. The average molecular weight is 232 g/mol. The summed E-state index contributed by atoms with van der Waals surface area (Å²) in [5.74, 6) is 6.36. The summed E-state index contributed by atoms with van der Waals surface area (Å²) in [7, 11) is 2.96. The molecule has 88 valence electrons. The van der Waals surface area contributed by atoms with Crippen LogP contribution in [0.2, 0.25) is 0 Å². The molecular weight excluding hydrogens is 220 g/mol. The van der Waals surface area contributed by atoms with Gasteiger partial charge in [-0.3, -0.25) is 4.79 Å². The van der Waals surface area contributed by atoms with Gasteiger partial charge in [-0.25, -0.2) is 0 Å². The number of hydrogen-bond donors (Lipinski definition) is 0. The lowest BCUT2D eigenvalue weighted by Gasteiger charge is -2.09. The zero-order valence-corrected chi connectivity index (χ0v) is 9.65. The molecule has 1 aromatic rings. The van der Waals surface area contributed by atoms with Crippen molar-refractivity contribution in [1.29, 1.82) is 0 Å². The third kappa shape index (κ3) is 3.08. The Hall–Kier alpha value is -2.28. The van der Waals surface area contributed by atoms with Gasteiger partial charge in [0.2, 0.25) is 0 Å². The standard InChI is InChI=1S/C13H12O4/c1-16-12-7-10(9-15)8-13(17-2)11(12)5-3-4-6-14/h6-9H,4H2,1-2H3. The van der Waals surface area contributed by atoms with E-state index in [4.69, 9.17) is 9.47 Å². The van der Waals surface area contributed by atoms with E-state index in [0.717, 1.165) is 0 Å². The van der Waals surface area contributed by atoms with Gasteiger partial charge < -0.3 is 14.3 Å². The minimum atomic E-state index is 0.141. The molecule has 0 unspecified atom stereocenters. The molecule has 0 spiro atoms. The summed E-state index contributed by atoms with van der Waals surface area (Å²) in [5, 5.41) is 0. The summed E-state index contributed by atoms with van der Waals surface area (Å²) >= 11 is 0. The molecule has 0 saturated carbocycles. The molecule has 0 aliphatic heterocycles. The fraction of sp³-hybridized carbons (Fsp3) is 0.231. The first kappa shape index (κ1) is 12.8. The monoisotopic (exact) mass is 232 g/mol. The predicted molar refractivity (Wildman–Crippen MR) is 62.5 cm³/mol. The first-order chi connectivity index (χ1) is 8.26. The molecule has 0 aliphatic rings. The quantitative estimate of drug-likeness (QED) is 0.582. The Morgan fingerprint density at radius 1 is 1.18 bits per heavy atom. The Kier molecular flexibility index (Phi) is 4.77. The molecular formula is C13H12O4. The molecule has 4 nitrogen and oxygen atoms in total. The lowest BCUT2D eigenvalue weighted by Crippen LogP contribution is -1.95. The zero-order valence-electron chi connectivity index (χ0n) is 9.65. The maximum atomic E-state index is 10.7. The molecule has 0 atom stereocenters. The van der Waals surface area contributed by atoms with Crippen molar-refractivity contribution < 1.29 is 19.1 Å². The fourth-order valence-electron chi connectivity index (χ4n) is 1.30. The molecule has 0 radical (unpaired) electrons. The number of aldehydes is 2. The summed E-state index contributed by atoms with van der Waals surface area (Å²) in [6, 6.07) is 3.14. The molecule has 1 rings (SSSR count). The summed E-state index contributed by atoms with van der Waals surface area (Å²) in [4.78, 5) is 20.9. The van der Waals surface area contributed by atoms with Gasteiger partial charge in [0.05, 0.1) is 20.6 Å². The van der Waals surface area contributed by atoms with E-state index in [1.807, 2.05) is 0 Å². The van der Waals surface area contributed by atoms with Crippen molar-refractivity contribution in [1.82, 2.24) is 0 Å². The van der Waals surface area contributed by atoms with Crippen LogP contribution in [0.3, 0.4) is 0 Å². The van der Waals surface area contributed by atoms with Crippen LogP contribution in [-0.2, 0) is 4.79 Å². The third-order valence-corrected chi connectivity index (χ3v) is 2.06. The van der Waals surface area contributed by atoms with E-state index >= 15 is 0 Å². The molecule has 0 N–H and O–H groups in total. The van der Waals surface area contributed by atoms with Crippen LogP contribution in [0.5, 0.6) is 11.5 Å². The molecule has 0 aromatic heterocycles. The Morgan fingerprint density at radius 3 is 2.18 bits per heavy atom. The largest absolute Gasteiger partial charge is 0.495 e. The SMILES string of the molecule is COc1cc(C=O)cc(OC)c1C#CCC=O. The molecule has 0 heterocycles. The van der Waals surface area contributed by atoms with Gasteiger partial charge in [0, 0.05) is 5.56 Å². The molecule has 0 bridgehead atoms. The predicted octanol–water partition coefficient (Wildman–Crippen LogP) is 1.46. The highest BCUT2D eigenvalue weighted by Gasteiger charge is 2.10. The number of methoxy groups -OCH3 is 2. The highest BCUT2D eigenvalue weighted by Crippen LogP contribution is 2.29. The van der Waals surface area contributed by atoms with E-state index in [1.165, 1.54) is 14.2 Å². The van der Waals surface area contributed by atoms with Crippen LogP contribution in [0.4, 0.5) is 0 Å². The highest BCUT2D eigenvalue weighted by atomic mass is 16.5.